The molecule has 0 spiro atoms. The number of hydrogen-bond donors (Lipinski definition) is 2. The molecule has 0 aliphatic carbocycles. The van der Waals surface area contributed by atoms with Gasteiger partial charge in [-0.3, -0.25) is 19.7 Å². The number of furan rings is 1. The van der Waals surface area contributed by atoms with Gasteiger partial charge in [-0.05, 0) is 19.1 Å². The van der Waals surface area contributed by atoms with Crippen LogP contribution in [0.15, 0.2) is 34.9 Å². The molecular formula is C17H19N3O7. The van der Waals surface area contributed by atoms with Crippen molar-refractivity contribution >= 4 is 17.5 Å². The molecule has 0 saturated carbocycles. The highest BCUT2D eigenvalue weighted by Crippen LogP contribution is 2.34. The third kappa shape index (κ3) is 4.97. The summed E-state index contributed by atoms with van der Waals surface area (Å²) in [5, 5.41) is 16.4. The fraction of sp³-hybridized carbons (Fsp3) is 0.294. The van der Waals surface area contributed by atoms with E-state index in [1.165, 1.54) is 25.5 Å². The number of rotatable bonds is 9. The van der Waals surface area contributed by atoms with Crippen molar-refractivity contribution in [1.29, 1.82) is 0 Å². The summed E-state index contributed by atoms with van der Waals surface area (Å²) >= 11 is 0. The summed E-state index contributed by atoms with van der Waals surface area (Å²) in [6.07, 6.45) is 1.37. The van der Waals surface area contributed by atoms with Gasteiger partial charge in [0.05, 0.1) is 31.0 Å². The summed E-state index contributed by atoms with van der Waals surface area (Å²) in [4.78, 5) is 34.7. The van der Waals surface area contributed by atoms with Crippen molar-refractivity contribution in [2.24, 2.45) is 0 Å². The van der Waals surface area contributed by atoms with Crippen LogP contribution in [0.25, 0.3) is 0 Å². The smallest absolute Gasteiger partial charge is 0.287 e. The van der Waals surface area contributed by atoms with Crippen molar-refractivity contribution in [3.05, 3.63) is 52.0 Å². The first-order chi connectivity index (χ1) is 13.0. The number of hydrogen-bond acceptors (Lipinski definition) is 7. The Morgan fingerprint density at radius 1 is 1.19 bits per heavy atom. The highest BCUT2D eigenvalue weighted by Gasteiger charge is 2.24. The maximum Gasteiger partial charge on any atom is 0.287 e. The van der Waals surface area contributed by atoms with Gasteiger partial charge in [-0.1, -0.05) is 0 Å². The molecule has 0 saturated heterocycles. The van der Waals surface area contributed by atoms with Crippen LogP contribution in [0.2, 0.25) is 0 Å². The minimum absolute atomic E-state index is 0.0674. The van der Waals surface area contributed by atoms with E-state index in [9.17, 15) is 19.7 Å². The van der Waals surface area contributed by atoms with Crippen molar-refractivity contribution in [2.75, 3.05) is 26.8 Å². The molecular weight excluding hydrogens is 358 g/mol. The second kappa shape index (κ2) is 9.22. The molecule has 0 bridgehead atoms. The number of amides is 2. The summed E-state index contributed by atoms with van der Waals surface area (Å²) < 4.78 is 15.4. The highest BCUT2D eigenvalue weighted by molar-refractivity contribution is 5.99. The molecule has 0 aliphatic heterocycles. The average Bonchev–Trinajstić information content (AvgIpc) is 3.19. The van der Waals surface area contributed by atoms with Crippen molar-refractivity contribution in [1.82, 2.24) is 10.6 Å². The van der Waals surface area contributed by atoms with E-state index in [0.29, 0.717) is 0 Å². The van der Waals surface area contributed by atoms with E-state index in [0.717, 1.165) is 6.07 Å². The van der Waals surface area contributed by atoms with Gasteiger partial charge in [-0.15, -0.1) is 0 Å². The van der Waals surface area contributed by atoms with E-state index in [1.807, 2.05) is 0 Å². The molecule has 27 heavy (non-hydrogen) atoms. The summed E-state index contributed by atoms with van der Waals surface area (Å²) in [6.45, 7) is 2.20. The SMILES string of the molecule is CCOc1cc([N+](=O)[O-])c(C(=O)NCCNC(=O)c2ccco2)cc1OC. The van der Waals surface area contributed by atoms with Crippen LogP contribution in [0, 0.1) is 10.1 Å². The first-order valence-electron chi connectivity index (χ1n) is 8.07. The Bertz CT molecular complexity index is 818. The van der Waals surface area contributed by atoms with Crippen LogP contribution in [0.1, 0.15) is 27.8 Å². The van der Waals surface area contributed by atoms with Crippen molar-refractivity contribution < 1.29 is 28.4 Å². The van der Waals surface area contributed by atoms with Gasteiger partial charge in [0, 0.05) is 19.2 Å². The Hall–Kier alpha value is -3.56. The number of methoxy groups -OCH3 is 1. The van der Waals surface area contributed by atoms with Crippen LogP contribution in [0.4, 0.5) is 5.69 Å². The molecule has 144 valence electrons. The molecule has 0 unspecified atom stereocenters. The quantitative estimate of drug-likeness (QED) is 0.386. The maximum absolute atomic E-state index is 12.3. The summed E-state index contributed by atoms with van der Waals surface area (Å²) in [6, 6.07) is 5.48. The first-order valence-corrected chi connectivity index (χ1v) is 8.07. The zero-order valence-corrected chi connectivity index (χ0v) is 14.8. The number of carbonyl (C=O) groups excluding carboxylic acids is 2. The molecule has 2 N–H and O–H groups in total. The van der Waals surface area contributed by atoms with Crippen molar-refractivity contribution in [2.45, 2.75) is 6.92 Å². The zero-order valence-electron chi connectivity index (χ0n) is 14.8. The molecule has 1 aromatic heterocycles. The molecule has 2 rings (SSSR count). The van der Waals surface area contributed by atoms with Crippen LogP contribution in [0.3, 0.4) is 0 Å². The van der Waals surface area contributed by atoms with E-state index in [-0.39, 0.29) is 42.5 Å². The minimum atomic E-state index is -0.671. The lowest BCUT2D eigenvalue weighted by atomic mass is 10.1. The van der Waals surface area contributed by atoms with Crippen LogP contribution >= 0.6 is 0 Å². The molecule has 0 atom stereocenters. The summed E-state index contributed by atoms with van der Waals surface area (Å²) in [7, 11) is 1.37. The van der Waals surface area contributed by atoms with Crippen LogP contribution in [0.5, 0.6) is 11.5 Å². The Morgan fingerprint density at radius 2 is 1.89 bits per heavy atom. The first kappa shape index (κ1) is 19.8. The Labute approximate surface area is 154 Å². The summed E-state index contributed by atoms with van der Waals surface area (Å²) in [5.74, 6) is -0.570. The van der Waals surface area contributed by atoms with Gasteiger partial charge in [0.2, 0.25) is 0 Å². The van der Waals surface area contributed by atoms with Crippen molar-refractivity contribution in [3.8, 4) is 11.5 Å². The van der Waals surface area contributed by atoms with E-state index in [2.05, 4.69) is 10.6 Å². The fourth-order valence-electron chi connectivity index (χ4n) is 2.25. The normalized spacial score (nSPS) is 10.1. The topological polar surface area (TPSA) is 133 Å². The number of nitrogens with one attached hydrogen (secondary N) is 2. The van der Waals surface area contributed by atoms with Gasteiger partial charge >= 0.3 is 0 Å². The lowest BCUT2D eigenvalue weighted by molar-refractivity contribution is -0.385. The standard InChI is InChI=1S/C17H19N3O7/c1-3-26-15-10-12(20(23)24)11(9-14(15)25-2)16(21)18-6-7-19-17(22)13-5-4-8-27-13/h4-5,8-10H,3,6-7H2,1-2H3,(H,18,21)(H,19,22). The monoisotopic (exact) mass is 377 g/mol. The Morgan fingerprint density at radius 3 is 2.44 bits per heavy atom. The largest absolute Gasteiger partial charge is 0.493 e. The highest BCUT2D eigenvalue weighted by atomic mass is 16.6. The number of carbonyl (C=O) groups is 2. The number of benzene rings is 1. The molecule has 2 amide bonds. The molecule has 0 radical (unpaired) electrons. The predicted molar refractivity (Wildman–Crippen MR) is 94.2 cm³/mol. The van der Waals surface area contributed by atoms with Gasteiger partial charge in [0.1, 0.15) is 5.56 Å². The summed E-state index contributed by atoms with van der Waals surface area (Å²) in [5.41, 5.74) is -0.575. The van der Waals surface area contributed by atoms with Crippen LogP contribution in [-0.4, -0.2) is 43.5 Å². The van der Waals surface area contributed by atoms with Gasteiger partial charge in [0.25, 0.3) is 17.5 Å². The second-order valence-electron chi connectivity index (χ2n) is 5.20. The molecule has 1 heterocycles. The zero-order chi connectivity index (χ0) is 19.8. The molecule has 10 heteroatoms. The maximum atomic E-state index is 12.3. The van der Waals surface area contributed by atoms with Gasteiger partial charge in [-0.2, -0.15) is 0 Å². The number of nitro groups is 1. The van der Waals surface area contributed by atoms with Crippen LogP contribution in [-0.2, 0) is 0 Å². The number of nitrogens with zero attached hydrogens (tertiary/aromatic N) is 1. The van der Waals surface area contributed by atoms with E-state index in [1.54, 1.807) is 13.0 Å². The molecule has 0 aliphatic rings. The van der Waals surface area contributed by atoms with E-state index < -0.39 is 22.4 Å². The van der Waals surface area contributed by atoms with E-state index in [4.69, 9.17) is 13.9 Å². The van der Waals surface area contributed by atoms with Crippen molar-refractivity contribution in [3.63, 3.8) is 0 Å². The van der Waals surface area contributed by atoms with Crippen LogP contribution < -0.4 is 20.1 Å². The van der Waals surface area contributed by atoms with Gasteiger partial charge in [0.15, 0.2) is 17.3 Å². The van der Waals surface area contributed by atoms with Gasteiger partial charge in [-0.25, -0.2) is 0 Å². The molecule has 10 nitrogen and oxygen atoms in total. The van der Waals surface area contributed by atoms with E-state index >= 15 is 0 Å². The lowest BCUT2D eigenvalue weighted by Crippen LogP contribution is -2.34. The second-order valence-corrected chi connectivity index (χ2v) is 5.20. The lowest BCUT2D eigenvalue weighted by Gasteiger charge is -2.12. The Balaban J connectivity index is 2.03. The third-order valence-corrected chi connectivity index (χ3v) is 3.46. The fourth-order valence-corrected chi connectivity index (χ4v) is 2.25. The molecule has 0 fully saturated rings. The Kier molecular flexibility index (Phi) is 6.75. The minimum Gasteiger partial charge on any atom is -0.493 e. The predicted octanol–water partition coefficient (Wildman–Crippen LogP) is 1.75. The number of ether oxygens (including phenoxy) is 2. The molecule has 2 aromatic rings. The third-order valence-electron chi connectivity index (χ3n) is 3.46. The average molecular weight is 377 g/mol. The molecule has 1 aromatic carbocycles. The number of nitro benzene ring substituents is 1. The van der Waals surface area contributed by atoms with Gasteiger partial charge < -0.3 is 24.5 Å².